The highest BCUT2D eigenvalue weighted by molar-refractivity contribution is 7.89. The van der Waals surface area contributed by atoms with Crippen molar-refractivity contribution in [2.75, 3.05) is 0 Å². The van der Waals surface area contributed by atoms with E-state index in [9.17, 15) is 8.42 Å². The average molecular weight is 325 g/mol. The largest absolute Gasteiger partial charge is 0.268 e. The van der Waals surface area contributed by atoms with Crippen molar-refractivity contribution in [2.24, 2.45) is 0 Å². The van der Waals surface area contributed by atoms with Crippen LogP contribution in [0.1, 0.15) is 42.3 Å². The Balaban J connectivity index is 1.78. The zero-order valence-electron chi connectivity index (χ0n) is 11.9. The van der Waals surface area contributed by atoms with E-state index in [1.54, 1.807) is 24.5 Å². The van der Waals surface area contributed by atoms with E-state index in [1.165, 1.54) is 12.8 Å². The van der Waals surface area contributed by atoms with Crippen LogP contribution in [0, 0.1) is 6.92 Å². The number of aryl methyl sites for hydroxylation is 1. The Morgan fingerprint density at radius 3 is 2.86 bits per heavy atom. The van der Waals surface area contributed by atoms with Crippen molar-refractivity contribution in [2.45, 2.75) is 50.1 Å². The van der Waals surface area contributed by atoms with Crippen LogP contribution in [0.15, 0.2) is 28.6 Å². The maximum Gasteiger partial charge on any atom is 0.244 e. The molecule has 1 aliphatic rings. The first-order valence-corrected chi connectivity index (χ1v) is 9.50. The van der Waals surface area contributed by atoms with Gasteiger partial charge in [0.05, 0.1) is 11.7 Å². The summed E-state index contributed by atoms with van der Waals surface area (Å²) in [5.41, 5.74) is 0.570. The number of sulfonamides is 1. The minimum Gasteiger partial charge on any atom is -0.268 e. The number of thiophene rings is 1. The summed E-state index contributed by atoms with van der Waals surface area (Å²) in [5.74, 6) is 0. The van der Waals surface area contributed by atoms with Crippen molar-refractivity contribution < 1.29 is 8.42 Å². The Morgan fingerprint density at radius 2 is 2.19 bits per heavy atom. The van der Waals surface area contributed by atoms with Crippen molar-refractivity contribution in [1.82, 2.24) is 14.5 Å². The number of nitrogens with zero attached hydrogens (tertiary/aromatic N) is 2. The van der Waals surface area contributed by atoms with Gasteiger partial charge in [0.1, 0.15) is 4.90 Å². The van der Waals surface area contributed by atoms with Gasteiger partial charge in [-0.05, 0) is 31.2 Å². The van der Waals surface area contributed by atoms with Crippen LogP contribution >= 0.6 is 11.3 Å². The van der Waals surface area contributed by atoms with E-state index < -0.39 is 10.0 Å². The van der Waals surface area contributed by atoms with E-state index in [1.807, 2.05) is 22.2 Å². The molecular formula is C14H19N3O2S2. The maximum absolute atomic E-state index is 12.4. The number of hydrogen-bond donors (Lipinski definition) is 1. The lowest BCUT2D eigenvalue weighted by atomic mass is 10.3. The van der Waals surface area contributed by atoms with Gasteiger partial charge >= 0.3 is 0 Å². The van der Waals surface area contributed by atoms with Gasteiger partial charge in [-0.15, -0.1) is 11.3 Å². The summed E-state index contributed by atoms with van der Waals surface area (Å²) in [6, 6.07) is 4.18. The monoisotopic (exact) mass is 325 g/mol. The van der Waals surface area contributed by atoms with Crippen molar-refractivity contribution in [3.8, 4) is 0 Å². The first kappa shape index (κ1) is 14.7. The van der Waals surface area contributed by atoms with Crippen LogP contribution in [-0.2, 0) is 16.6 Å². The Kier molecular flexibility index (Phi) is 4.14. The van der Waals surface area contributed by atoms with Crippen LogP contribution in [0.4, 0.5) is 0 Å². The molecule has 0 aromatic carbocycles. The Morgan fingerprint density at radius 1 is 1.43 bits per heavy atom. The molecular weight excluding hydrogens is 306 g/mol. The molecule has 1 fully saturated rings. The molecule has 0 radical (unpaired) electrons. The number of rotatable bonds is 5. The average Bonchev–Trinajstić information content (AvgIpc) is 3.18. The fraction of sp³-hybridized carbons (Fsp3) is 0.500. The van der Waals surface area contributed by atoms with Crippen LogP contribution in [0.3, 0.4) is 0 Å². The van der Waals surface area contributed by atoms with E-state index >= 15 is 0 Å². The lowest BCUT2D eigenvalue weighted by Gasteiger charge is -2.08. The topological polar surface area (TPSA) is 64.0 Å². The molecule has 0 saturated heterocycles. The molecule has 3 rings (SSSR count). The SMILES string of the molecule is Cc1nn(C2CCCC2)cc1S(=O)(=O)NCc1cccs1. The molecule has 1 N–H and O–H groups in total. The highest BCUT2D eigenvalue weighted by Gasteiger charge is 2.24. The molecule has 2 heterocycles. The van der Waals surface area contributed by atoms with Crippen LogP contribution in [0.25, 0.3) is 0 Å². The molecule has 1 saturated carbocycles. The van der Waals surface area contributed by atoms with Gasteiger partial charge < -0.3 is 0 Å². The summed E-state index contributed by atoms with van der Waals surface area (Å²) >= 11 is 1.54. The number of aromatic nitrogens is 2. The molecule has 1 aliphatic carbocycles. The highest BCUT2D eigenvalue weighted by Crippen LogP contribution is 2.30. The Hall–Kier alpha value is -1.18. The van der Waals surface area contributed by atoms with Crippen LogP contribution in [0.5, 0.6) is 0 Å². The summed E-state index contributed by atoms with van der Waals surface area (Å²) in [6.45, 7) is 2.08. The van der Waals surface area contributed by atoms with Crippen molar-refractivity contribution in [3.63, 3.8) is 0 Å². The van der Waals surface area contributed by atoms with E-state index in [0.717, 1.165) is 17.7 Å². The molecule has 0 unspecified atom stereocenters. The minimum absolute atomic E-state index is 0.297. The third-order valence-electron chi connectivity index (χ3n) is 3.88. The van der Waals surface area contributed by atoms with E-state index in [4.69, 9.17) is 0 Å². The quantitative estimate of drug-likeness (QED) is 0.919. The van der Waals surface area contributed by atoms with Crippen molar-refractivity contribution in [1.29, 1.82) is 0 Å². The molecule has 0 amide bonds. The fourth-order valence-corrected chi connectivity index (χ4v) is 4.66. The molecule has 2 aromatic heterocycles. The molecule has 114 valence electrons. The van der Waals surface area contributed by atoms with Gasteiger partial charge in [0.2, 0.25) is 10.0 Å². The zero-order chi connectivity index (χ0) is 14.9. The summed E-state index contributed by atoms with van der Waals surface area (Å²) in [5, 5.41) is 6.34. The zero-order valence-corrected chi connectivity index (χ0v) is 13.6. The molecule has 5 nitrogen and oxygen atoms in total. The maximum atomic E-state index is 12.4. The van der Waals surface area contributed by atoms with Gasteiger partial charge in [-0.1, -0.05) is 18.9 Å². The van der Waals surface area contributed by atoms with Gasteiger partial charge in [0.25, 0.3) is 0 Å². The lowest BCUT2D eigenvalue weighted by Crippen LogP contribution is -2.23. The number of hydrogen-bond acceptors (Lipinski definition) is 4. The Bertz CT molecular complexity index is 699. The predicted molar refractivity (Wildman–Crippen MR) is 82.8 cm³/mol. The summed E-state index contributed by atoms with van der Waals surface area (Å²) in [7, 11) is -3.50. The lowest BCUT2D eigenvalue weighted by molar-refractivity contribution is 0.464. The molecule has 2 aromatic rings. The van der Waals surface area contributed by atoms with Gasteiger partial charge in [-0.3, -0.25) is 4.68 Å². The molecule has 0 aliphatic heterocycles. The third kappa shape index (κ3) is 3.20. The minimum atomic E-state index is -3.50. The summed E-state index contributed by atoms with van der Waals surface area (Å²) < 4.78 is 29.3. The molecule has 21 heavy (non-hydrogen) atoms. The summed E-state index contributed by atoms with van der Waals surface area (Å²) in [6.07, 6.45) is 6.25. The van der Waals surface area contributed by atoms with E-state index in [2.05, 4.69) is 9.82 Å². The van der Waals surface area contributed by atoms with E-state index in [0.29, 0.717) is 23.2 Å². The van der Waals surface area contributed by atoms with Crippen molar-refractivity contribution >= 4 is 21.4 Å². The fourth-order valence-electron chi connectivity index (χ4n) is 2.74. The number of nitrogens with one attached hydrogen (secondary N) is 1. The molecule has 0 atom stereocenters. The van der Waals surface area contributed by atoms with Gasteiger partial charge in [-0.2, -0.15) is 5.10 Å². The smallest absolute Gasteiger partial charge is 0.244 e. The van der Waals surface area contributed by atoms with Gasteiger partial charge in [0.15, 0.2) is 0 Å². The summed E-state index contributed by atoms with van der Waals surface area (Å²) in [4.78, 5) is 1.30. The van der Waals surface area contributed by atoms with Crippen molar-refractivity contribution in [3.05, 3.63) is 34.3 Å². The highest BCUT2D eigenvalue weighted by atomic mass is 32.2. The molecule has 0 spiro atoms. The molecule has 0 bridgehead atoms. The van der Waals surface area contributed by atoms with Gasteiger partial charge in [0, 0.05) is 17.6 Å². The first-order chi connectivity index (χ1) is 10.1. The van der Waals surface area contributed by atoms with E-state index in [-0.39, 0.29) is 0 Å². The second-order valence-electron chi connectivity index (χ2n) is 5.40. The predicted octanol–water partition coefficient (Wildman–Crippen LogP) is 2.85. The standard InChI is InChI=1S/C14H19N3O2S2/c1-11-14(10-17(16-11)12-5-2-3-6-12)21(18,19)15-9-13-7-4-8-20-13/h4,7-8,10,12,15H,2-3,5-6,9H2,1H3. The normalized spacial score (nSPS) is 16.6. The second kappa shape index (κ2) is 5.90. The third-order valence-corrected chi connectivity index (χ3v) is 6.26. The van der Waals surface area contributed by atoms with Crippen LogP contribution in [0.2, 0.25) is 0 Å². The van der Waals surface area contributed by atoms with Gasteiger partial charge in [-0.25, -0.2) is 13.1 Å². The molecule has 7 heteroatoms. The second-order valence-corrected chi connectivity index (χ2v) is 8.17. The Labute approximate surface area is 129 Å². The van der Waals surface area contributed by atoms with Crippen LogP contribution in [-0.4, -0.2) is 18.2 Å². The first-order valence-electron chi connectivity index (χ1n) is 7.14. The van der Waals surface area contributed by atoms with Crippen LogP contribution < -0.4 is 4.72 Å².